The molecule has 1 aromatic heterocycles. The van der Waals surface area contributed by atoms with Crippen molar-refractivity contribution in [2.24, 2.45) is 0 Å². The zero-order valence-electron chi connectivity index (χ0n) is 15.5. The zero-order chi connectivity index (χ0) is 19.2. The summed E-state index contributed by atoms with van der Waals surface area (Å²) in [6.07, 6.45) is 1.88. The number of ether oxygens (including phenoxy) is 1. The number of nitrogens with zero attached hydrogens (tertiary/aromatic N) is 2. The van der Waals surface area contributed by atoms with Crippen molar-refractivity contribution in [1.29, 1.82) is 0 Å². The van der Waals surface area contributed by atoms with Crippen LogP contribution in [-0.2, 0) is 11.3 Å². The van der Waals surface area contributed by atoms with Crippen molar-refractivity contribution in [1.82, 2.24) is 20.6 Å². The van der Waals surface area contributed by atoms with E-state index in [9.17, 15) is 9.18 Å². The van der Waals surface area contributed by atoms with Crippen molar-refractivity contribution in [3.63, 3.8) is 0 Å². The summed E-state index contributed by atoms with van der Waals surface area (Å²) in [4.78, 5) is 19.6. The molecule has 7 heteroatoms. The number of carbonyl (C=O) groups excluding carboxylic acids is 1. The van der Waals surface area contributed by atoms with E-state index in [2.05, 4.69) is 20.6 Å². The van der Waals surface area contributed by atoms with E-state index in [0.717, 1.165) is 23.5 Å². The van der Waals surface area contributed by atoms with Crippen LogP contribution in [0.1, 0.15) is 33.3 Å². The van der Waals surface area contributed by atoms with E-state index in [0.29, 0.717) is 18.9 Å². The van der Waals surface area contributed by atoms with Crippen LogP contribution in [0.5, 0.6) is 0 Å². The maximum atomic E-state index is 12.9. The number of amides is 1. The standard InChI is InChI=1S/C19H25FN4O2/c1-13(9-24-18(25)26-19(2,3)4)21-10-14-5-7-15(8-6-14)17-22-11-16(20)12-23-17/h5-8,11-13,21H,9-10H2,1-4H3,(H,24,25)/t13-/m0/s1. The molecule has 2 aromatic rings. The van der Waals surface area contributed by atoms with Gasteiger partial charge in [0.05, 0.1) is 12.4 Å². The molecule has 2 rings (SSSR count). The van der Waals surface area contributed by atoms with Crippen molar-refractivity contribution < 1.29 is 13.9 Å². The predicted octanol–water partition coefficient (Wildman–Crippen LogP) is 3.29. The molecule has 6 nitrogen and oxygen atoms in total. The fraction of sp³-hybridized carbons (Fsp3) is 0.421. The minimum Gasteiger partial charge on any atom is -0.444 e. The smallest absolute Gasteiger partial charge is 0.407 e. The highest BCUT2D eigenvalue weighted by Gasteiger charge is 2.16. The third kappa shape index (κ3) is 6.76. The van der Waals surface area contributed by atoms with Gasteiger partial charge in [0.15, 0.2) is 11.6 Å². The van der Waals surface area contributed by atoms with E-state index < -0.39 is 17.5 Å². The normalized spacial score (nSPS) is 12.5. The Labute approximate surface area is 153 Å². The highest BCUT2D eigenvalue weighted by atomic mass is 19.1. The van der Waals surface area contributed by atoms with Crippen molar-refractivity contribution in [3.8, 4) is 11.4 Å². The summed E-state index contributed by atoms with van der Waals surface area (Å²) in [7, 11) is 0. The molecule has 1 heterocycles. The Balaban J connectivity index is 1.78. The van der Waals surface area contributed by atoms with Crippen molar-refractivity contribution in [2.45, 2.75) is 45.9 Å². The van der Waals surface area contributed by atoms with Crippen molar-refractivity contribution in [3.05, 3.63) is 48.0 Å². The molecule has 1 aromatic carbocycles. The highest BCUT2D eigenvalue weighted by molar-refractivity contribution is 5.67. The van der Waals surface area contributed by atoms with E-state index in [-0.39, 0.29) is 6.04 Å². The lowest BCUT2D eigenvalue weighted by molar-refractivity contribution is 0.0523. The van der Waals surface area contributed by atoms with E-state index in [4.69, 9.17) is 4.74 Å². The summed E-state index contributed by atoms with van der Waals surface area (Å²) in [5.74, 6) is 0.0318. The number of rotatable bonds is 6. The SMILES string of the molecule is C[C@@H](CNC(=O)OC(C)(C)C)NCc1ccc(-c2ncc(F)cn2)cc1. The van der Waals surface area contributed by atoms with Gasteiger partial charge in [-0.15, -0.1) is 0 Å². The molecule has 0 unspecified atom stereocenters. The van der Waals surface area contributed by atoms with Crippen molar-refractivity contribution >= 4 is 6.09 Å². The molecular weight excluding hydrogens is 335 g/mol. The minimum atomic E-state index is -0.503. The number of carbonyl (C=O) groups is 1. The maximum absolute atomic E-state index is 12.9. The lowest BCUT2D eigenvalue weighted by Gasteiger charge is -2.21. The number of halogens is 1. The first-order valence-electron chi connectivity index (χ1n) is 8.50. The van der Waals surface area contributed by atoms with Crippen LogP contribution in [0.2, 0.25) is 0 Å². The average Bonchev–Trinajstić information content (AvgIpc) is 2.58. The molecule has 0 aliphatic rings. The Morgan fingerprint density at radius 3 is 2.38 bits per heavy atom. The number of benzene rings is 1. The van der Waals surface area contributed by atoms with Crippen molar-refractivity contribution in [2.75, 3.05) is 6.54 Å². The van der Waals surface area contributed by atoms with Gasteiger partial charge in [0.2, 0.25) is 0 Å². The van der Waals surface area contributed by atoms with Gasteiger partial charge in [-0.05, 0) is 33.3 Å². The quantitative estimate of drug-likeness (QED) is 0.827. The molecular formula is C19H25FN4O2. The first-order valence-corrected chi connectivity index (χ1v) is 8.50. The third-order valence-corrected chi connectivity index (χ3v) is 3.44. The van der Waals surface area contributed by atoms with Gasteiger partial charge >= 0.3 is 6.09 Å². The molecule has 0 fully saturated rings. The van der Waals surface area contributed by atoms with E-state index >= 15 is 0 Å². The Morgan fingerprint density at radius 1 is 1.19 bits per heavy atom. The topological polar surface area (TPSA) is 76.1 Å². The predicted molar refractivity (Wildman–Crippen MR) is 98.0 cm³/mol. The Hall–Kier alpha value is -2.54. The van der Waals surface area contributed by atoms with Crippen LogP contribution < -0.4 is 10.6 Å². The molecule has 1 atom stereocenters. The van der Waals surface area contributed by atoms with Gasteiger partial charge in [0.1, 0.15) is 5.60 Å². The van der Waals surface area contributed by atoms with E-state index in [1.807, 2.05) is 52.0 Å². The largest absolute Gasteiger partial charge is 0.444 e. The molecule has 26 heavy (non-hydrogen) atoms. The Morgan fingerprint density at radius 2 is 1.81 bits per heavy atom. The van der Waals surface area contributed by atoms with Crippen LogP contribution in [0.15, 0.2) is 36.7 Å². The first kappa shape index (κ1) is 19.8. The summed E-state index contributed by atoms with van der Waals surface area (Å²) in [6.45, 7) is 8.59. The molecule has 0 saturated carbocycles. The summed E-state index contributed by atoms with van der Waals surface area (Å²) >= 11 is 0. The van der Waals surface area contributed by atoms with E-state index in [1.54, 1.807) is 0 Å². The second kappa shape index (κ2) is 8.71. The molecule has 0 aliphatic heterocycles. The average molecular weight is 360 g/mol. The second-order valence-electron chi connectivity index (χ2n) is 7.09. The minimum absolute atomic E-state index is 0.0858. The lowest BCUT2D eigenvalue weighted by atomic mass is 10.1. The fourth-order valence-corrected chi connectivity index (χ4v) is 2.15. The van der Waals surface area contributed by atoms with Crippen LogP contribution in [0.3, 0.4) is 0 Å². The molecule has 140 valence electrons. The molecule has 0 spiro atoms. The summed E-state index contributed by atoms with van der Waals surface area (Å²) < 4.78 is 18.1. The van der Waals surface area contributed by atoms with Crippen LogP contribution in [0.4, 0.5) is 9.18 Å². The van der Waals surface area contributed by atoms with E-state index in [1.165, 1.54) is 0 Å². The summed E-state index contributed by atoms with van der Waals surface area (Å²) in [6, 6.07) is 7.80. The number of hydrogen-bond acceptors (Lipinski definition) is 5. The first-order chi connectivity index (χ1) is 12.2. The van der Waals surface area contributed by atoms with Gasteiger partial charge in [0.25, 0.3) is 0 Å². The molecule has 0 saturated heterocycles. The maximum Gasteiger partial charge on any atom is 0.407 e. The third-order valence-electron chi connectivity index (χ3n) is 3.44. The number of alkyl carbamates (subject to hydrolysis) is 1. The van der Waals surface area contributed by atoms with Crippen LogP contribution in [-0.4, -0.2) is 34.2 Å². The fourth-order valence-electron chi connectivity index (χ4n) is 2.15. The number of aromatic nitrogens is 2. The van der Waals surface area contributed by atoms with Gasteiger partial charge < -0.3 is 15.4 Å². The Bertz CT molecular complexity index is 712. The van der Waals surface area contributed by atoms with Gasteiger partial charge in [-0.1, -0.05) is 24.3 Å². The molecule has 0 bridgehead atoms. The summed E-state index contributed by atoms with van der Waals surface area (Å²) in [5, 5.41) is 6.07. The Kier molecular flexibility index (Phi) is 6.63. The second-order valence-corrected chi connectivity index (χ2v) is 7.09. The van der Waals surface area contributed by atoms with Gasteiger partial charge in [-0.3, -0.25) is 0 Å². The van der Waals surface area contributed by atoms with Crippen LogP contribution in [0.25, 0.3) is 11.4 Å². The van der Waals surface area contributed by atoms with Gasteiger partial charge in [-0.2, -0.15) is 0 Å². The van der Waals surface area contributed by atoms with Crippen LogP contribution >= 0.6 is 0 Å². The highest BCUT2D eigenvalue weighted by Crippen LogP contribution is 2.15. The molecule has 1 amide bonds. The van der Waals surface area contributed by atoms with Gasteiger partial charge in [-0.25, -0.2) is 19.2 Å². The molecule has 0 radical (unpaired) electrons. The number of hydrogen-bond donors (Lipinski definition) is 2. The number of nitrogens with one attached hydrogen (secondary N) is 2. The summed E-state index contributed by atoms with van der Waals surface area (Å²) in [5.41, 5.74) is 1.41. The van der Waals surface area contributed by atoms with Gasteiger partial charge in [0, 0.05) is 24.7 Å². The monoisotopic (exact) mass is 360 g/mol. The molecule has 0 aliphatic carbocycles. The zero-order valence-corrected chi connectivity index (χ0v) is 15.5. The molecule has 2 N–H and O–H groups in total. The van der Waals surface area contributed by atoms with Crippen LogP contribution in [0, 0.1) is 5.82 Å². The lowest BCUT2D eigenvalue weighted by Crippen LogP contribution is -2.40.